The average Bonchev–Trinajstić information content (AvgIpc) is 2.41. The maximum absolute atomic E-state index is 6.41. The van der Waals surface area contributed by atoms with Crippen LogP contribution in [0.2, 0.25) is 13.3 Å². The van der Waals surface area contributed by atoms with E-state index in [0.29, 0.717) is 0 Å². The molecular weight excluding hydrogens is 327 g/mol. The van der Waals surface area contributed by atoms with Gasteiger partial charge in [-0.15, -0.1) is 0 Å². The Hall–Kier alpha value is 0.759. The molecule has 0 aliphatic rings. The van der Waals surface area contributed by atoms with Crippen molar-refractivity contribution in [1.82, 2.24) is 0 Å². The van der Waals surface area contributed by atoms with E-state index in [2.05, 4.69) is 27.7 Å². The van der Waals surface area contributed by atoms with Gasteiger partial charge in [0.15, 0.2) is 0 Å². The first-order chi connectivity index (χ1) is 8.74. The molecule has 1 nitrogen and oxygen atoms in total. The first-order valence-corrected chi connectivity index (χ1v) is 15.6. The normalized spacial score (nSPS) is 12.0. The molecule has 0 saturated heterocycles. The monoisotopic (exact) mass is 364 g/mol. The van der Waals surface area contributed by atoms with Crippen molar-refractivity contribution in [1.29, 1.82) is 0 Å². The molecule has 0 aromatic heterocycles. The molecular formula is C16H36OSn. The Bertz CT molecular complexity index is 166. The van der Waals surface area contributed by atoms with Crippen molar-refractivity contribution >= 4 is 18.8 Å². The van der Waals surface area contributed by atoms with E-state index in [1.54, 1.807) is 0 Å². The second-order valence-electron chi connectivity index (χ2n) is 5.61. The number of unbranched alkanes of at least 4 members (excludes halogenated alkanes) is 6. The Morgan fingerprint density at radius 2 is 1.22 bits per heavy atom. The summed E-state index contributed by atoms with van der Waals surface area (Å²) in [6.07, 6.45) is 11.1. The maximum atomic E-state index is 6.41. The first kappa shape index (κ1) is 18.8. The molecule has 0 radical (unpaired) electrons. The van der Waals surface area contributed by atoms with E-state index in [1.165, 1.54) is 64.7 Å². The molecule has 0 aromatic carbocycles. The summed E-state index contributed by atoms with van der Waals surface area (Å²) in [6.45, 7) is 10.3. The predicted octanol–water partition coefficient (Wildman–Crippen LogP) is 6.15. The van der Waals surface area contributed by atoms with Gasteiger partial charge in [0.1, 0.15) is 0 Å². The summed E-state index contributed by atoms with van der Waals surface area (Å²) in [6, 6.07) is 0. The van der Waals surface area contributed by atoms with Gasteiger partial charge in [0.2, 0.25) is 0 Å². The van der Waals surface area contributed by atoms with E-state index >= 15 is 0 Å². The molecule has 0 aliphatic heterocycles. The van der Waals surface area contributed by atoms with Crippen LogP contribution >= 0.6 is 0 Å². The molecule has 0 spiro atoms. The zero-order chi connectivity index (χ0) is 13.7. The Labute approximate surface area is 120 Å². The van der Waals surface area contributed by atoms with Crippen molar-refractivity contribution in [2.45, 2.75) is 92.4 Å². The molecule has 0 N–H and O–H groups in total. The van der Waals surface area contributed by atoms with Crippen LogP contribution in [-0.2, 0) is 3.07 Å². The quantitative estimate of drug-likeness (QED) is 0.282. The van der Waals surface area contributed by atoms with Crippen molar-refractivity contribution in [3.63, 3.8) is 0 Å². The van der Waals surface area contributed by atoms with E-state index in [-0.39, 0.29) is 0 Å². The van der Waals surface area contributed by atoms with Crippen LogP contribution in [0, 0.1) is 0 Å². The Balaban J connectivity index is 3.79. The third-order valence-corrected chi connectivity index (χ3v) is 17.5. The number of rotatable bonds is 13. The van der Waals surface area contributed by atoms with Crippen LogP contribution in [0.3, 0.4) is 0 Å². The SMILES string of the molecule is CCCCCCC[CH2][Sn]([CH2]C)([CH2]C)[O]CCCC. The first-order valence-electron chi connectivity index (χ1n) is 8.38. The fraction of sp³-hybridized carbons (Fsp3) is 1.00. The molecule has 18 heavy (non-hydrogen) atoms. The standard InChI is InChI=1S/C8H17.C4H9O.2C2H5.Sn/c1-3-5-7-8-6-4-2;1-2-3-4-5;2*1-2;/h1,3-8H2,2H3;2-4H2,1H3;2*1H2,2H3;/q;-1;;;+1. The van der Waals surface area contributed by atoms with Crippen molar-refractivity contribution in [2.24, 2.45) is 0 Å². The van der Waals surface area contributed by atoms with Crippen molar-refractivity contribution in [3.8, 4) is 0 Å². The zero-order valence-electron chi connectivity index (χ0n) is 13.4. The van der Waals surface area contributed by atoms with Crippen molar-refractivity contribution in [2.75, 3.05) is 6.61 Å². The molecule has 0 unspecified atom stereocenters. The van der Waals surface area contributed by atoms with E-state index < -0.39 is 18.8 Å². The van der Waals surface area contributed by atoms with Crippen LogP contribution in [0.4, 0.5) is 0 Å². The molecule has 0 fully saturated rings. The third-order valence-electron chi connectivity index (χ3n) is 4.18. The number of hydrogen-bond acceptors (Lipinski definition) is 1. The molecule has 0 saturated carbocycles. The molecule has 0 rings (SSSR count). The van der Waals surface area contributed by atoms with Gasteiger partial charge in [-0.1, -0.05) is 0 Å². The van der Waals surface area contributed by atoms with E-state index in [4.69, 9.17) is 3.07 Å². The molecule has 0 aromatic rings. The van der Waals surface area contributed by atoms with Gasteiger partial charge in [0.05, 0.1) is 0 Å². The molecule has 0 bridgehead atoms. The van der Waals surface area contributed by atoms with Gasteiger partial charge in [0.25, 0.3) is 0 Å². The zero-order valence-corrected chi connectivity index (χ0v) is 16.2. The van der Waals surface area contributed by atoms with Gasteiger partial charge < -0.3 is 0 Å². The van der Waals surface area contributed by atoms with E-state index in [1.807, 2.05) is 0 Å². The van der Waals surface area contributed by atoms with Gasteiger partial charge in [-0.3, -0.25) is 0 Å². The predicted molar refractivity (Wildman–Crippen MR) is 85.8 cm³/mol. The molecule has 2 heteroatoms. The molecule has 0 aliphatic carbocycles. The topological polar surface area (TPSA) is 9.23 Å². The minimum atomic E-state index is -2.13. The van der Waals surface area contributed by atoms with Crippen LogP contribution in [0.1, 0.15) is 79.1 Å². The summed E-state index contributed by atoms with van der Waals surface area (Å²) in [5.41, 5.74) is 0. The van der Waals surface area contributed by atoms with E-state index in [9.17, 15) is 0 Å². The van der Waals surface area contributed by atoms with Crippen LogP contribution in [0.25, 0.3) is 0 Å². The second kappa shape index (κ2) is 12.8. The minimum absolute atomic E-state index is 1.05. The van der Waals surface area contributed by atoms with Gasteiger partial charge in [-0.25, -0.2) is 0 Å². The fourth-order valence-corrected chi connectivity index (χ4v) is 11.8. The van der Waals surface area contributed by atoms with E-state index in [0.717, 1.165) is 6.61 Å². The Morgan fingerprint density at radius 3 is 1.78 bits per heavy atom. The second-order valence-corrected chi connectivity index (χ2v) is 18.7. The summed E-state index contributed by atoms with van der Waals surface area (Å²) in [4.78, 5) is 0. The average molecular weight is 363 g/mol. The fourth-order valence-electron chi connectivity index (χ4n) is 2.54. The molecule has 0 atom stereocenters. The summed E-state index contributed by atoms with van der Waals surface area (Å²) in [7, 11) is 0. The van der Waals surface area contributed by atoms with Gasteiger partial charge >= 0.3 is 121 Å². The van der Waals surface area contributed by atoms with Crippen LogP contribution < -0.4 is 0 Å². The van der Waals surface area contributed by atoms with Crippen LogP contribution in [0.15, 0.2) is 0 Å². The molecule has 0 amide bonds. The summed E-state index contributed by atoms with van der Waals surface area (Å²) >= 11 is -2.13. The molecule has 110 valence electrons. The number of hydrogen-bond donors (Lipinski definition) is 0. The molecule has 0 heterocycles. The Kier molecular flexibility index (Phi) is 13.3. The van der Waals surface area contributed by atoms with Crippen molar-refractivity contribution in [3.05, 3.63) is 0 Å². The van der Waals surface area contributed by atoms with Gasteiger partial charge in [0, 0.05) is 0 Å². The Morgan fingerprint density at radius 1 is 0.667 bits per heavy atom. The van der Waals surface area contributed by atoms with Gasteiger partial charge in [-0.05, 0) is 0 Å². The third kappa shape index (κ3) is 8.79. The van der Waals surface area contributed by atoms with Crippen LogP contribution in [-0.4, -0.2) is 25.4 Å². The van der Waals surface area contributed by atoms with Gasteiger partial charge in [-0.2, -0.15) is 0 Å². The van der Waals surface area contributed by atoms with Crippen molar-refractivity contribution < 1.29 is 3.07 Å². The summed E-state index contributed by atoms with van der Waals surface area (Å²) in [5, 5.41) is 0. The summed E-state index contributed by atoms with van der Waals surface area (Å²) in [5.74, 6) is 0. The summed E-state index contributed by atoms with van der Waals surface area (Å²) < 4.78 is 10.6. The van der Waals surface area contributed by atoms with Crippen LogP contribution in [0.5, 0.6) is 0 Å².